The van der Waals surface area contributed by atoms with E-state index in [0.717, 1.165) is 16.4 Å². The SMILES string of the molecule is C=CCN(C)S(=O)(=O)c1cc([N+](=O)[O-])ccc1Cl. The van der Waals surface area contributed by atoms with Gasteiger partial charge in [0, 0.05) is 25.7 Å². The molecule has 98 valence electrons. The van der Waals surface area contributed by atoms with Gasteiger partial charge in [-0.25, -0.2) is 8.42 Å². The molecule has 0 aliphatic heterocycles. The lowest BCUT2D eigenvalue weighted by Gasteiger charge is -2.15. The summed E-state index contributed by atoms with van der Waals surface area (Å²) in [6, 6.07) is 3.28. The Balaban J connectivity index is 3.35. The van der Waals surface area contributed by atoms with Crippen LogP contribution >= 0.6 is 11.6 Å². The summed E-state index contributed by atoms with van der Waals surface area (Å²) in [6.07, 6.45) is 1.41. The molecule has 0 unspecified atom stereocenters. The standard InChI is InChI=1S/C10H11ClN2O4S/c1-3-6-12(2)18(16,17)10-7-8(13(14)15)4-5-9(10)11/h3-5,7H,1,6H2,2H3. The lowest BCUT2D eigenvalue weighted by Crippen LogP contribution is -2.27. The Morgan fingerprint density at radius 3 is 2.67 bits per heavy atom. The molecular weight excluding hydrogens is 280 g/mol. The molecule has 0 aliphatic rings. The number of benzene rings is 1. The molecule has 0 aliphatic carbocycles. The van der Waals surface area contributed by atoms with E-state index in [1.807, 2.05) is 0 Å². The van der Waals surface area contributed by atoms with E-state index in [1.165, 1.54) is 19.2 Å². The van der Waals surface area contributed by atoms with Crippen molar-refractivity contribution < 1.29 is 13.3 Å². The first-order valence-electron chi connectivity index (χ1n) is 4.82. The fraction of sp³-hybridized carbons (Fsp3) is 0.200. The monoisotopic (exact) mass is 290 g/mol. The van der Waals surface area contributed by atoms with E-state index in [0.29, 0.717) is 0 Å². The molecule has 1 aromatic carbocycles. The van der Waals surface area contributed by atoms with Crippen molar-refractivity contribution in [2.75, 3.05) is 13.6 Å². The Hall–Kier alpha value is -1.44. The molecule has 8 heteroatoms. The molecule has 1 aromatic rings. The van der Waals surface area contributed by atoms with Gasteiger partial charge in [0.05, 0.1) is 9.95 Å². The van der Waals surface area contributed by atoms with E-state index in [1.54, 1.807) is 0 Å². The Morgan fingerprint density at radius 2 is 2.17 bits per heavy atom. The van der Waals surface area contributed by atoms with Crippen molar-refractivity contribution in [1.82, 2.24) is 4.31 Å². The van der Waals surface area contributed by atoms with E-state index < -0.39 is 14.9 Å². The minimum Gasteiger partial charge on any atom is -0.258 e. The number of sulfonamides is 1. The smallest absolute Gasteiger partial charge is 0.258 e. The molecule has 0 N–H and O–H groups in total. The lowest BCUT2D eigenvalue weighted by atomic mass is 10.3. The summed E-state index contributed by atoms with van der Waals surface area (Å²) < 4.78 is 25.2. The van der Waals surface area contributed by atoms with E-state index in [9.17, 15) is 18.5 Å². The minimum atomic E-state index is -3.86. The van der Waals surface area contributed by atoms with Gasteiger partial charge in [-0.15, -0.1) is 6.58 Å². The number of nitro benzene ring substituents is 1. The summed E-state index contributed by atoms with van der Waals surface area (Å²) in [5, 5.41) is 10.6. The fourth-order valence-electron chi connectivity index (χ4n) is 1.25. The molecule has 0 amide bonds. The molecule has 6 nitrogen and oxygen atoms in total. The number of nitrogens with zero attached hydrogens (tertiary/aromatic N) is 2. The largest absolute Gasteiger partial charge is 0.270 e. The molecule has 0 spiro atoms. The maximum absolute atomic E-state index is 12.1. The first kappa shape index (κ1) is 14.6. The molecule has 0 bridgehead atoms. The molecule has 0 heterocycles. The zero-order chi connectivity index (χ0) is 13.9. The molecule has 0 aromatic heterocycles. The molecule has 18 heavy (non-hydrogen) atoms. The van der Waals surface area contributed by atoms with E-state index >= 15 is 0 Å². The normalized spacial score (nSPS) is 11.5. The first-order chi connectivity index (χ1) is 8.30. The number of nitro groups is 1. The summed E-state index contributed by atoms with van der Waals surface area (Å²) in [6.45, 7) is 3.51. The molecule has 0 fully saturated rings. The topological polar surface area (TPSA) is 80.5 Å². The maximum Gasteiger partial charge on any atom is 0.270 e. The van der Waals surface area contributed by atoms with Crippen molar-refractivity contribution in [1.29, 1.82) is 0 Å². The molecule has 0 saturated carbocycles. The van der Waals surface area contributed by atoms with Gasteiger partial charge >= 0.3 is 0 Å². The first-order valence-corrected chi connectivity index (χ1v) is 6.63. The highest BCUT2D eigenvalue weighted by molar-refractivity contribution is 7.89. The minimum absolute atomic E-state index is 0.0588. The van der Waals surface area contributed by atoms with Crippen LogP contribution in [0, 0.1) is 10.1 Å². The Bertz CT molecular complexity index is 586. The Kier molecular flexibility index (Phi) is 4.44. The molecule has 1 rings (SSSR count). The molecular formula is C10H11ClN2O4S. The van der Waals surface area contributed by atoms with E-state index in [-0.39, 0.29) is 22.2 Å². The predicted octanol–water partition coefficient (Wildman–Crippen LogP) is 2.05. The van der Waals surface area contributed by atoms with Gasteiger partial charge in [0.25, 0.3) is 5.69 Å². The zero-order valence-electron chi connectivity index (χ0n) is 9.54. The number of non-ortho nitro benzene ring substituents is 1. The van der Waals surface area contributed by atoms with Gasteiger partial charge in [-0.1, -0.05) is 17.7 Å². The number of halogens is 1. The van der Waals surface area contributed by atoms with Crippen molar-refractivity contribution in [3.05, 3.63) is 46.0 Å². The molecule has 0 saturated heterocycles. The second-order valence-corrected chi connectivity index (χ2v) is 5.87. The van der Waals surface area contributed by atoms with Gasteiger partial charge in [0.15, 0.2) is 0 Å². The summed E-state index contributed by atoms with van der Waals surface area (Å²) in [7, 11) is -2.52. The third kappa shape index (κ3) is 2.87. The Labute approximate surface area is 110 Å². The number of hydrogen-bond acceptors (Lipinski definition) is 4. The van der Waals surface area contributed by atoms with Gasteiger partial charge in [-0.2, -0.15) is 4.31 Å². The third-order valence-electron chi connectivity index (χ3n) is 2.20. The van der Waals surface area contributed by atoms with Crippen molar-refractivity contribution in [3.63, 3.8) is 0 Å². The van der Waals surface area contributed by atoms with Crippen LogP contribution in [0.1, 0.15) is 0 Å². The van der Waals surface area contributed by atoms with Crippen LogP contribution in [0.2, 0.25) is 5.02 Å². The fourth-order valence-corrected chi connectivity index (χ4v) is 2.88. The highest BCUT2D eigenvalue weighted by Crippen LogP contribution is 2.28. The van der Waals surface area contributed by atoms with E-state index in [4.69, 9.17) is 11.6 Å². The summed E-state index contributed by atoms with van der Waals surface area (Å²) in [5.41, 5.74) is -0.329. The van der Waals surface area contributed by atoms with Crippen LogP contribution in [-0.4, -0.2) is 31.2 Å². The van der Waals surface area contributed by atoms with Gasteiger partial charge in [0.2, 0.25) is 10.0 Å². The highest BCUT2D eigenvalue weighted by atomic mass is 35.5. The van der Waals surface area contributed by atoms with Crippen molar-refractivity contribution in [2.24, 2.45) is 0 Å². The average Bonchev–Trinajstić information content (AvgIpc) is 2.29. The van der Waals surface area contributed by atoms with Crippen LogP contribution in [-0.2, 0) is 10.0 Å². The number of hydrogen-bond donors (Lipinski definition) is 0. The van der Waals surface area contributed by atoms with E-state index in [2.05, 4.69) is 6.58 Å². The van der Waals surface area contributed by atoms with Crippen molar-refractivity contribution in [3.8, 4) is 0 Å². The quantitative estimate of drug-likeness (QED) is 0.472. The number of likely N-dealkylation sites (N-methyl/N-ethyl adjacent to an activating group) is 1. The van der Waals surface area contributed by atoms with Crippen LogP contribution in [0.25, 0.3) is 0 Å². The van der Waals surface area contributed by atoms with Crippen molar-refractivity contribution >= 4 is 27.3 Å². The predicted molar refractivity (Wildman–Crippen MR) is 68.1 cm³/mol. The van der Waals surface area contributed by atoms with Gasteiger partial charge in [0.1, 0.15) is 4.90 Å². The second kappa shape index (κ2) is 5.47. The lowest BCUT2D eigenvalue weighted by molar-refractivity contribution is -0.385. The third-order valence-corrected chi connectivity index (χ3v) is 4.50. The molecule has 0 atom stereocenters. The molecule has 0 radical (unpaired) electrons. The highest BCUT2D eigenvalue weighted by Gasteiger charge is 2.25. The maximum atomic E-state index is 12.1. The summed E-state index contributed by atoms with van der Waals surface area (Å²) in [4.78, 5) is 9.66. The van der Waals surface area contributed by atoms with Crippen LogP contribution in [0.5, 0.6) is 0 Å². The van der Waals surface area contributed by atoms with Gasteiger partial charge in [-0.05, 0) is 6.07 Å². The van der Waals surface area contributed by atoms with Gasteiger partial charge in [-0.3, -0.25) is 10.1 Å². The number of rotatable bonds is 5. The summed E-state index contributed by atoms with van der Waals surface area (Å²) >= 11 is 5.78. The Morgan fingerprint density at radius 1 is 1.56 bits per heavy atom. The second-order valence-electron chi connectivity index (χ2n) is 3.45. The van der Waals surface area contributed by atoms with Crippen LogP contribution < -0.4 is 0 Å². The van der Waals surface area contributed by atoms with Crippen LogP contribution in [0.3, 0.4) is 0 Å². The van der Waals surface area contributed by atoms with Crippen LogP contribution in [0.15, 0.2) is 35.7 Å². The van der Waals surface area contributed by atoms with Crippen LogP contribution in [0.4, 0.5) is 5.69 Å². The average molecular weight is 291 g/mol. The van der Waals surface area contributed by atoms with Gasteiger partial charge < -0.3 is 0 Å². The van der Waals surface area contributed by atoms with Crippen molar-refractivity contribution in [2.45, 2.75) is 4.90 Å². The summed E-state index contributed by atoms with van der Waals surface area (Å²) in [5.74, 6) is 0. The zero-order valence-corrected chi connectivity index (χ0v) is 11.1.